The highest BCUT2D eigenvalue weighted by Gasteiger charge is 2.16. The molecule has 2 rings (SSSR count). The minimum Gasteiger partial charge on any atom is -0.383 e. The Balaban J connectivity index is 2.37. The summed E-state index contributed by atoms with van der Waals surface area (Å²) < 4.78 is 1.71. The van der Waals surface area contributed by atoms with Gasteiger partial charge in [-0.1, -0.05) is 45.0 Å². The van der Waals surface area contributed by atoms with Crippen molar-refractivity contribution in [3.05, 3.63) is 35.4 Å². The maximum absolute atomic E-state index is 11.3. The highest BCUT2D eigenvalue weighted by molar-refractivity contribution is 5.91. The molecule has 0 fully saturated rings. The van der Waals surface area contributed by atoms with Crippen molar-refractivity contribution in [2.75, 3.05) is 5.73 Å². The van der Waals surface area contributed by atoms with Gasteiger partial charge in [-0.2, -0.15) is 5.10 Å². The first-order valence-electron chi connectivity index (χ1n) is 7.47. The van der Waals surface area contributed by atoms with Crippen molar-refractivity contribution in [1.29, 1.82) is 0 Å². The third kappa shape index (κ3) is 3.32. The van der Waals surface area contributed by atoms with Gasteiger partial charge in [0.1, 0.15) is 11.5 Å². The molecule has 0 spiro atoms. The third-order valence-electron chi connectivity index (χ3n) is 3.45. The zero-order valence-corrected chi connectivity index (χ0v) is 13.0. The van der Waals surface area contributed by atoms with E-state index in [2.05, 4.69) is 38.0 Å². The molecule has 2 aromatic rings. The van der Waals surface area contributed by atoms with E-state index in [9.17, 15) is 4.79 Å². The minimum atomic E-state index is 0.452. The molecule has 0 amide bonds. The molecule has 0 bridgehead atoms. The van der Waals surface area contributed by atoms with Gasteiger partial charge in [-0.05, 0) is 24.3 Å². The molecule has 1 aromatic carbocycles. The van der Waals surface area contributed by atoms with Crippen molar-refractivity contribution in [2.45, 2.75) is 40.2 Å². The molecule has 4 heteroatoms. The molecule has 1 heterocycles. The summed E-state index contributed by atoms with van der Waals surface area (Å²) in [6, 6.07) is 8.23. The summed E-state index contributed by atoms with van der Waals surface area (Å²) in [4.78, 5) is 11.3. The zero-order valence-electron chi connectivity index (χ0n) is 13.0. The number of hydrogen-bond donors (Lipinski definition) is 1. The molecule has 21 heavy (non-hydrogen) atoms. The Morgan fingerprint density at radius 3 is 2.48 bits per heavy atom. The predicted octanol–water partition coefficient (Wildman–Crippen LogP) is 3.55. The van der Waals surface area contributed by atoms with Crippen molar-refractivity contribution in [3.63, 3.8) is 0 Å². The van der Waals surface area contributed by atoms with E-state index in [0.717, 1.165) is 31.2 Å². The molecule has 2 N–H and O–H groups in total. The molecular formula is C17H23N3O. The van der Waals surface area contributed by atoms with Crippen LogP contribution in [0.25, 0.3) is 11.3 Å². The lowest BCUT2D eigenvalue weighted by molar-refractivity contribution is 0.112. The normalized spacial score (nSPS) is 11.0. The fourth-order valence-electron chi connectivity index (χ4n) is 2.47. The lowest BCUT2D eigenvalue weighted by Crippen LogP contribution is -2.04. The van der Waals surface area contributed by atoms with E-state index in [0.29, 0.717) is 23.0 Å². The van der Waals surface area contributed by atoms with E-state index >= 15 is 0 Å². The number of nitrogen functional groups attached to an aromatic ring is 1. The van der Waals surface area contributed by atoms with E-state index in [1.54, 1.807) is 4.68 Å². The summed E-state index contributed by atoms with van der Waals surface area (Å²) in [5.41, 5.74) is 9.39. The Morgan fingerprint density at radius 2 is 1.95 bits per heavy atom. The Bertz CT molecular complexity index is 612. The van der Waals surface area contributed by atoms with Gasteiger partial charge in [-0.15, -0.1) is 0 Å². The van der Waals surface area contributed by atoms with Crippen LogP contribution in [0, 0.1) is 5.92 Å². The molecule has 0 saturated heterocycles. The second-order valence-electron chi connectivity index (χ2n) is 5.78. The van der Waals surface area contributed by atoms with Crippen LogP contribution in [0.5, 0.6) is 0 Å². The molecule has 0 atom stereocenters. The lowest BCUT2D eigenvalue weighted by Gasteiger charge is -2.05. The number of carbonyl (C=O) groups excluding carboxylic acids is 1. The van der Waals surface area contributed by atoms with Gasteiger partial charge in [0.05, 0.1) is 5.56 Å². The van der Waals surface area contributed by atoms with Crippen LogP contribution in [0.1, 0.15) is 43.1 Å². The number of aromatic nitrogens is 2. The molecule has 0 saturated carbocycles. The van der Waals surface area contributed by atoms with Crippen LogP contribution in [-0.4, -0.2) is 16.1 Å². The van der Waals surface area contributed by atoms with Gasteiger partial charge >= 0.3 is 0 Å². The molecule has 4 nitrogen and oxygen atoms in total. The van der Waals surface area contributed by atoms with Crippen LogP contribution >= 0.6 is 0 Å². The number of nitrogens with two attached hydrogens (primary N) is 1. The van der Waals surface area contributed by atoms with Gasteiger partial charge < -0.3 is 5.73 Å². The molecule has 1 aromatic heterocycles. The van der Waals surface area contributed by atoms with Crippen LogP contribution < -0.4 is 5.73 Å². The fourth-order valence-corrected chi connectivity index (χ4v) is 2.47. The first-order chi connectivity index (χ1) is 10.1. The van der Waals surface area contributed by atoms with Gasteiger partial charge in [0.15, 0.2) is 6.29 Å². The van der Waals surface area contributed by atoms with E-state index in [1.807, 2.05) is 12.1 Å². The second-order valence-corrected chi connectivity index (χ2v) is 5.78. The summed E-state index contributed by atoms with van der Waals surface area (Å²) in [6.07, 6.45) is 2.77. The monoisotopic (exact) mass is 285 g/mol. The first-order valence-corrected chi connectivity index (χ1v) is 7.47. The van der Waals surface area contributed by atoms with E-state index in [1.165, 1.54) is 5.56 Å². The predicted molar refractivity (Wildman–Crippen MR) is 86.3 cm³/mol. The van der Waals surface area contributed by atoms with Crippen molar-refractivity contribution in [1.82, 2.24) is 9.78 Å². The summed E-state index contributed by atoms with van der Waals surface area (Å²) in [7, 11) is 0. The maximum atomic E-state index is 11.3. The zero-order chi connectivity index (χ0) is 15.4. The Hall–Kier alpha value is -2.10. The number of rotatable bonds is 6. The molecule has 0 aliphatic heterocycles. The third-order valence-corrected chi connectivity index (χ3v) is 3.45. The Kier molecular flexibility index (Phi) is 4.78. The molecule has 112 valence electrons. The summed E-state index contributed by atoms with van der Waals surface area (Å²) in [6.45, 7) is 7.18. The first kappa shape index (κ1) is 15.3. The van der Waals surface area contributed by atoms with Crippen LogP contribution in [-0.2, 0) is 13.0 Å². The lowest BCUT2D eigenvalue weighted by atomic mass is 10.00. The smallest absolute Gasteiger partial charge is 0.156 e. The summed E-state index contributed by atoms with van der Waals surface area (Å²) in [5, 5.41) is 4.49. The summed E-state index contributed by atoms with van der Waals surface area (Å²) >= 11 is 0. The van der Waals surface area contributed by atoms with E-state index in [-0.39, 0.29) is 0 Å². The number of hydrogen-bond acceptors (Lipinski definition) is 3. The fraction of sp³-hybridized carbons (Fsp3) is 0.412. The SMILES string of the molecule is CCCn1nc(-c2ccc(CC(C)C)cc2)c(C=O)c1N. The van der Waals surface area contributed by atoms with Gasteiger partial charge in [-0.3, -0.25) is 4.79 Å². The maximum Gasteiger partial charge on any atom is 0.156 e. The Morgan fingerprint density at radius 1 is 1.29 bits per heavy atom. The van der Waals surface area contributed by atoms with Crippen LogP contribution in [0.15, 0.2) is 24.3 Å². The molecule has 0 aliphatic carbocycles. The van der Waals surface area contributed by atoms with Crippen LogP contribution in [0.3, 0.4) is 0 Å². The van der Waals surface area contributed by atoms with Crippen LogP contribution in [0.2, 0.25) is 0 Å². The van der Waals surface area contributed by atoms with Gasteiger partial charge in [0.25, 0.3) is 0 Å². The average molecular weight is 285 g/mol. The quantitative estimate of drug-likeness (QED) is 0.826. The van der Waals surface area contributed by atoms with Crippen molar-refractivity contribution >= 4 is 12.1 Å². The highest BCUT2D eigenvalue weighted by atomic mass is 16.1. The van der Waals surface area contributed by atoms with Gasteiger partial charge in [0, 0.05) is 12.1 Å². The van der Waals surface area contributed by atoms with Crippen molar-refractivity contribution in [3.8, 4) is 11.3 Å². The number of benzene rings is 1. The van der Waals surface area contributed by atoms with Crippen molar-refractivity contribution < 1.29 is 4.79 Å². The highest BCUT2D eigenvalue weighted by Crippen LogP contribution is 2.26. The standard InChI is InChI=1S/C17H23N3O/c1-4-9-20-17(18)15(11-21)16(19-20)14-7-5-13(6-8-14)10-12(2)3/h5-8,11-12H,4,9-10,18H2,1-3H3. The topological polar surface area (TPSA) is 60.9 Å². The number of aryl methyl sites for hydroxylation is 1. The second kappa shape index (κ2) is 6.57. The average Bonchev–Trinajstić information content (AvgIpc) is 2.76. The number of aldehydes is 1. The number of anilines is 1. The molecule has 0 unspecified atom stereocenters. The molecule has 0 radical (unpaired) electrons. The van der Waals surface area contributed by atoms with E-state index in [4.69, 9.17) is 5.73 Å². The minimum absolute atomic E-state index is 0.452. The van der Waals surface area contributed by atoms with E-state index < -0.39 is 0 Å². The summed E-state index contributed by atoms with van der Waals surface area (Å²) in [5.74, 6) is 1.08. The molecular weight excluding hydrogens is 262 g/mol. The van der Waals surface area contributed by atoms with Gasteiger partial charge in [-0.25, -0.2) is 4.68 Å². The largest absolute Gasteiger partial charge is 0.383 e. The number of nitrogens with zero attached hydrogens (tertiary/aromatic N) is 2. The Labute approximate surface area is 126 Å². The van der Waals surface area contributed by atoms with Gasteiger partial charge in [0.2, 0.25) is 0 Å². The molecule has 0 aliphatic rings. The van der Waals surface area contributed by atoms with Crippen LogP contribution in [0.4, 0.5) is 5.82 Å². The number of carbonyl (C=O) groups is 1. The van der Waals surface area contributed by atoms with Crippen molar-refractivity contribution in [2.24, 2.45) is 5.92 Å².